The Hall–Kier alpha value is -2.04. The lowest BCUT2D eigenvalue weighted by Crippen LogP contribution is -2.31. The molecule has 1 amide bonds. The molecule has 0 aromatic heterocycles. The number of alkyl carbamates (subject to hydrolysis) is 1. The Labute approximate surface area is 128 Å². The number of halogens is 1. The van der Waals surface area contributed by atoms with Crippen molar-refractivity contribution in [2.75, 3.05) is 6.61 Å². The summed E-state index contributed by atoms with van der Waals surface area (Å²) in [4.78, 5) is 11.8. The fraction of sp³-hybridized carbons (Fsp3) is 0.188. The minimum absolute atomic E-state index is 0.186. The summed E-state index contributed by atoms with van der Waals surface area (Å²) < 4.78 is 5.12. The molecule has 0 aliphatic carbocycles. The molecule has 2 N–H and O–H groups in total. The Balaban J connectivity index is 1.89. The molecule has 21 heavy (non-hydrogen) atoms. The van der Waals surface area contributed by atoms with Crippen molar-refractivity contribution in [2.45, 2.75) is 12.6 Å². The molecular formula is C16H16ClNO3. The van der Waals surface area contributed by atoms with Crippen molar-refractivity contribution < 1.29 is 14.6 Å². The smallest absolute Gasteiger partial charge is 0.408 e. The first kappa shape index (κ1) is 15.4. The van der Waals surface area contributed by atoms with E-state index >= 15 is 0 Å². The van der Waals surface area contributed by atoms with Gasteiger partial charge in [-0.25, -0.2) is 4.79 Å². The molecule has 2 rings (SSSR count). The summed E-state index contributed by atoms with van der Waals surface area (Å²) in [6.07, 6.45) is -0.576. The number of benzene rings is 2. The highest BCUT2D eigenvalue weighted by Gasteiger charge is 2.14. The average Bonchev–Trinajstić information content (AvgIpc) is 2.52. The van der Waals surface area contributed by atoms with E-state index in [1.165, 1.54) is 0 Å². The summed E-state index contributed by atoms with van der Waals surface area (Å²) in [6.45, 7) is -0.0342. The van der Waals surface area contributed by atoms with Crippen molar-refractivity contribution in [3.63, 3.8) is 0 Å². The van der Waals surface area contributed by atoms with E-state index in [1.54, 1.807) is 24.3 Å². The Morgan fingerprint density at radius 1 is 1.14 bits per heavy atom. The summed E-state index contributed by atoms with van der Waals surface area (Å²) in [5.41, 5.74) is 1.67. The van der Waals surface area contributed by atoms with E-state index in [-0.39, 0.29) is 13.2 Å². The fourth-order valence-electron chi connectivity index (χ4n) is 1.84. The summed E-state index contributed by atoms with van der Waals surface area (Å²) in [5.74, 6) is 0. The number of carbonyl (C=O) groups excluding carboxylic acids is 1. The zero-order valence-electron chi connectivity index (χ0n) is 11.3. The Morgan fingerprint density at radius 2 is 1.81 bits per heavy atom. The number of aliphatic hydroxyl groups excluding tert-OH is 1. The van der Waals surface area contributed by atoms with Crippen molar-refractivity contribution >= 4 is 17.7 Å². The summed E-state index contributed by atoms with van der Waals surface area (Å²) in [7, 11) is 0. The molecule has 2 aromatic carbocycles. The fourth-order valence-corrected chi connectivity index (χ4v) is 1.96. The highest BCUT2D eigenvalue weighted by atomic mass is 35.5. The molecule has 0 saturated heterocycles. The molecule has 0 saturated carbocycles. The zero-order chi connectivity index (χ0) is 15.1. The van der Waals surface area contributed by atoms with Gasteiger partial charge in [0.05, 0.1) is 12.6 Å². The van der Waals surface area contributed by atoms with Crippen LogP contribution < -0.4 is 5.32 Å². The molecule has 0 aliphatic rings. The molecule has 0 spiro atoms. The summed E-state index contributed by atoms with van der Waals surface area (Å²) >= 11 is 5.81. The number of hydrogen-bond donors (Lipinski definition) is 2. The van der Waals surface area contributed by atoms with E-state index in [1.807, 2.05) is 30.3 Å². The van der Waals surface area contributed by atoms with E-state index < -0.39 is 12.1 Å². The van der Waals surface area contributed by atoms with Crippen LogP contribution in [0.2, 0.25) is 5.02 Å². The Morgan fingerprint density at radius 3 is 2.43 bits per heavy atom. The maximum atomic E-state index is 11.8. The number of ether oxygens (including phenoxy) is 1. The molecule has 1 unspecified atom stereocenters. The standard InChI is InChI=1S/C16H16ClNO3/c17-14-8-6-13(7-9-14)15(10-19)18-16(20)21-11-12-4-2-1-3-5-12/h1-9,15,19H,10-11H2,(H,18,20). The van der Waals surface area contributed by atoms with Crippen LogP contribution in [-0.4, -0.2) is 17.8 Å². The van der Waals surface area contributed by atoms with Gasteiger partial charge in [0.15, 0.2) is 0 Å². The molecule has 4 nitrogen and oxygen atoms in total. The van der Waals surface area contributed by atoms with E-state index in [2.05, 4.69) is 5.32 Å². The maximum Gasteiger partial charge on any atom is 0.408 e. The molecule has 5 heteroatoms. The van der Waals surface area contributed by atoms with Crippen molar-refractivity contribution in [3.05, 3.63) is 70.7 Å². The predicted octanol–water partition coefficient (Wildman–Crippen LogP) is 3.30. The van der Waals surface area contributed by atoms with Crippen LogP contribution >= 0.6 is 11.6 Å². The van der Waals surface area contributed by atoms with Crippen LogP contribution in [0.15, 0.2) is 54.6 Å². The van der Waals surface area contributed by atoms with Crippen molar-refractivity contribution in [3.8, 4) is 0 Å². The van der Waals surface area contributed by atoms with Crippen molar-refractivity contribution in [1.29, 1.82) is 0 Å². The van der Waals surface area contributed by atoms with E-state index in [0.717, 1.165) is 11.1 Å². The van der Waals surface area contributed by atoms with Crippen molar-refractivity contribution in [2.24, 2.45) is 0 Å². The van der Waals surface area contributed by atoms with E-state index in [9.17, 15) is 9.90 Å². The first-order valence-electron chi connectivity index (χ1n) is 6.52. The van der Waals surface area contributed by atoms with Gasteiger partial charge in [-0.2, -0.15) is 0 Å². The summed E-state index contributed by atoms with van der Waals surface area (Å²) in [5, 5.41) is 12.6. The van der Waals surface area contributed by atoms with Gasteiger partial charge in [0.2, 0.25) is 0 Å². The highest BCUT2D eigenvalue weighted by molar-refractivity contribution is 6.30. The highest BCUT2D eigenvalue weighted by Crippen LogP contribution is 2.16. The minimum Gasteiger partial charge on any atom is -0.445 e. The molecule has 0 bridgehead atoms. The first-order chi connectivity index (χ1) is 10.2. The molecular weight excluding hydrogens is 290 g/mol. The van der Waals surface area contributed by atoms with Gasteiger partial charge in [0.25, 0.3) is 0 Å². The second kappa shape index (κ2) is 7.67. The molecule has 2 aromatic rings. The largest absolute Gasteiger partial charge is 0.445 e. The van der Waals surface area contributed by atoms with Gasteiger partial charge in [-0.1, -0.05) is 54.1 Å². The predicted molar refractivity (Wildman–Crippen MR) is 81.0 cm³/mol. The van der Waals surface area contributed by atoms with Crippen LogP contribution in [0.25, 0.3) is 0 Å². The van der Waals surface area contributed by atoms with Gasteiger partial charge in [-0.15, -0.1) is 0 Å². The third-order valence-electron chi connectivity index (χ3n) is 2.96. The quantitative estimate of drug-likeness (QED) is 0.891. The molecule has 0 radical (unpaired) electrons. The van der Waals surface area contributed by atoms with Gasteiger partial charge >= 0.3 is 6.09 Å². The number of nitrogens with one attached hydrogen (secondary N) is 1. The van der Waals surface area contributed by atoms with Gasteiger partial charge in [-0.05, 0) is 23.3 Å². The molecule has 110 valence electrons. The molecule has 0 fully saturated rings. The van der Waals surface area contributed by atoms with E-state index in [4.69, 9.17) is 16.3 Å². The second-order valence-electron chi connectivity index (χ2n) is 4.49. The maximum absolute atomic E-state index is 11.8. The second-order valence-corrected chi connectivity index (χ2v) is 4.93. The number of hydrogen-bond acceptors (Lipinski definition) is 3. The van der Waals surface area contributed by atoms with Gasteiger partial charge in [-0.3, -0.25) is 0 Å². The average molecular weight is 306 g/mol. The third-order valence-corrected chi connectivity index (χ3v) is 3.21. The topological polar surface area (TPSA) is 58.6 Å². The lowest BCUT2D eigenvalue weighted by molar-refractivity contribution is 0.129. The molecule has 1 atom stereocenters. The Kier molecular flexibility index (Phi) is 5.60. The first-order valence-corrected chi connectivity index (χ1v) is 6.90. The summed E-state index contributed by atoms with van der Waals surface area (Å²) in [6, 6.07) is 15.8. The van der Waals surface area contributed by atoms with Crippen LogP contribution in [0.5, 0.6) is 0 Å². The van der Waals surface area contributed by atoms with Crippen LogP contribution in [-0.2, 0) is 11.3 Å². The van der Waals surface area contributed by atoms with Gasteiger partial charge in [0.1, 0.15) is 6.61 Å². The number of aliphatic hydroxyl groups is 1. The lowest BCUT2D eigenvalue weighted by atomic mass is 10.1. The SMILES string of the molecule is O=C(NC(CO)c1ccc(Cl)cc1)OCc1ccccc1. The van der Waals surface area contributed by atoms with Crippen LogP contribution in [0, 0.1) is 0 Å². The number of rotatable bonds is 5. The van der Waals surface area contributed by atoms with Crippen LogP contribution in [0.1, 0.15) is 17.2 Å². The monoisotopic (exact) mass is 305 g/mol. The number of amides is 1. The van der Waals surface area contributed by atoms with Crippen LogP contribution in [0.3, 0.4) is 0 Å². The normalized spacial score (nSPS) is 11.7. The minimum atomic E-state index is -0.576. The van der Waals surface area contributed by atoms with E-state index in [0.29, 0.717) is 5.02 Å². The van der Waals surface area contributed by atoms with Crippen LogP contribution in [0.4, 0.5) is 4.79 Å². The third kappa shape index (κ3) is 4.77. The Bertz CT molecular complexity index is 572. The zero-order valence-corrected chi connectivity index (χ0v) is 12.1. The lowest BCUT2D eigenvalue weighted by Gasteiger charge is -2.16. The van der Waals surface area contributed by atoms with Gasteiger partial charge < -0.3 is 15.2 Å². The molecule has 0 aliphatic heterocycles. The molecule has 0 heterocycles. The number of carbonyl (C=O) groups is 1. The van der Waals surface area contributed by atoms with Gasteiger partial charge in [0, 0.05) is 5.02 Å². The van der Waals surface area contributed by atoms with Crippen molar-refractivity contribution in [1.82, 2.24) is 5.32 Å².